The van der Waals surface area contributed by atoms with Crippen molar-refractivity contribution in [2.45, 2.75) is 57.0 Å². The van der Waals surface area contributed by atoms with Crippen molar-refractivity contribution in [3.05, 3.63) is 35.4 Å². The smallest absolute Gasteiger partial charge is 0.226 e. The zero-order valence-corrected chi connectivity index (χ0v) is 11.3. The summed E-state index contributed by atoms with van der Waals surface area (Å²) in [5.41, 5.74) is 2.89. The first-order valence-corrected chi connectivity index (χ1v) is 7.74. The van der Waals surface area contributed by atoms with Crippen LogP contribution < -0.4 is 0 Å². The van der Waals surface area contributed by atoms with E-state index in [0.717, 1.165) is 19.3 Å². The molecule has 0 saturated heterocycles. The van der Waals surface area contributed by atoms with Crippen molar-refractivity contribution >= 4 is 5.91 Å². The number of nitrogens with zero attached hydrogens (tertiary/aromatic N) is 1. The minimum Gasteiger partial charge on any atom is -0.332 e. The van der Waals surface area contributed by atoms with Gasteiger partial charge in [0.2, 0.25) is 5.91 Å². The van der Waals surface area contributed by atoms with E-state index in [-0.39, 0.29) is 0 Å². The molecule has 1 aromatic carbocycles. The molecule has 2 fully saturated rings. The van der Waals surface area contributed by atoms with Crippen molar-refractivity contribution in [3.63, 3.8) is 0 Å². The molecular formula is C17H21NO. The molecule has 0 bridgehead atoms. The molecule has 1 amide bonds. The number of carbonyl (C=O) groups is 1. The lowest BCUT2D eigenvalue weighted by molar-refractivity contribution is -0.136. The van der Waals surface area contributed by atoms with Crippen LogP contribution >= 0.6 is 0 Å². The number of fused-ring (bicyclic) bond motifs is 1. The van der Waals surface area contributed by atoms with Gasteiger partial charge in [0.25, 0.3) is 0 Å². The van der Waals surface area contributed by atoms with Gasteiger partial charge in [-0.2, -0.15) is 0 Å². The van der Waals surface area contributed by atoms with Crippen LogP contribution in [0.15, 0.2) is 24.3 Å². The number of aryl methyl sites for hydroxylation is 1. The van der Waals surface area contributed by atoms with Gasteiger partial charge in [0, 0.05) is 12.0 Å². The van der Waals surface area contributed by atoms with E-state index < -0.39 is 0 Å². The normalized spacial score (nSPS) is 25.8. The summed E-state index contributed by atoms with van der Waals surface area (Å²) >= 11 is 0. The van der Waals surface area contributed by atoms with Crippen molar-refractivity contribution in [2.75, 3.05) is 0 Å². The zero-order valence-electron chi connectivity index (χ0n) is 11.3. The molecule has 0 aliphatic heterocycles. The molecule has 19 heavy (non-hydrogen) atoms. The van der Waals surface area contributed by atoms with Crippen LogP contribution in [0.1, 0.15) is 55.7 Å². The topological polar surface area (TPSA) is 20.3 Å². The van der Waals surface area contributed by atoms with Gasteiger partial charge in [0.05, 0.1) is 6.04 Å². The molecule has 2 nitrogen and oxygen atoms in total. The van der Waals surface area contributed by atoms with Gasteiger partial charge in [-0.3, -0.25) is 4.79 Å². The Morgan fingerprint density at radius 1 is 1.05 bits per heavy atom. The number of rotatable bonds is 3. The van der Waals surface area contributed by atoms with Crippen LogP contribution in [0.5, 0.6) is 0 Å². The van der Waals surface area contributed by atoms with Crippen LogP contribution in [0.25, 0.3) is 0 Å². The Balaban J connectivity index is 1.68. The lowest BCUT2D eigenvalue weighted by Gasteiger charge is -2.36. The summed E-state index contributed by atoms with van der Waals surface area (Å²) in [7, 11) is 0. The molecule has 2 heteroatoms. The molecular weight excluding hydrogens is 234 g/mol. The van der Waals surface area contributed by atoms with Gasteiger partial charge in [-0.05, 0) is 56.1 Å². The first kappa shape index (κ1) is 11.5. The highest BCUT2D eigenvalue weighted by atomic mass is 16.2. The Morgan fingerprint density at radius 3 is 2.58 bits per heavy atom. The highest BCUT2D eigenvalue weighted by Gasteiger charge is 2.44. The Hall–Kier alpha value is -1.31. The number of carbonyl (C=O) groups excluding carboxylic acids is 1. The standard InChI is InChI=1S/C17H21NO/c19-17(13-8-9-13)18(14-10-11-14)16-7-3-5-12-4-1-2-6-15(12)16/h1-2,4,6,13-14,16H,3,5,7-11H2. The first-order valence-electron chi connectivity index (χ1n) is 7.74. The average molecular weight is 255 g/mol. The highest BCUT2D eigenvalue weighted by molar-refractivity contribution is 5.82. The third kappa shape index (κ3) is 2.07. The van der Waals surface area contributed by atoms with Crippen molar-refractivity contribution < 1.29 is 4.79 Å². The van der Waals surface area contributed by atoms with E-state index in [0.29, 0.717) is 23.9 Å². The molecule has 100 valence electrons. The third-order valence-corrected chi connectivity index (χ3v) is 4.79. The fraction of sp³-hybridized carbons (Fsp3) is 0.588. The second-order valence-corrected chi connectivity index (χ2v) is 6.36. The minimum absolute atomic E-state index is 0.356. The summed E-state index contributed by atoms with van der Waals surface area (Å²) < 4.78 is 0. The quantitative estimate of drug-likeness (QED) is 0.810. The van der Waals surface area contributed by atoms with Gasteiger partial charge in [-0.15, -0.1) is 0 Å². The highest BCUT2D eigenvalue weighted by Crippen LogP contribution is 2.44. The van der Waals surface area contributed by atoms with Crippen molar-refractivity contribution in [1.82, 2.24) is 4.90 Å². The van der Waals surface area contributed by atoms with E-state index in [4.69, 9.17) is 0 Å². The van der Waals surface area contributed by atoms with E-state index in [1.54, 1.807) is 0 Å². The predicted octanol–water partition coefficient (Wildman–Crippen LogP) is 3.47. The van der Waals surface area contributed by atoms with E-state index in [1.165, 1.54) is 36.8 Å². The number of benzene rings is 1. The van der Waals surface area contributed by atoms with Gasteiger partial charge >= 0.3 is 0 Å². The molecule has 0 radical (unpaired) electrons. The maximum Gasteiger partial charge on any atom is 0.226 e. The third-order valence-electron chi connectivity index (χ3n) is 4.79. The number of amides is 1. The van der Waals surface area contributed by atoms with Gasteiger partial charge in [-0.1, -0.05) is 24.3 Å². The van der Waals surface area contributed by atoms with Crippen molar-refractivity contribution in [2.24, 2.45) is 5.92 Å². The summed E-state index contributed by atoms with van der Waals surface area (Å²) in [6.07, 6.45) is 8.25. The van der Waals surface area contributed by atoms with Crippen LogP contribution in [0.2, 0.25) is 0 Å². The van der Waals surface area contributed by atoms with E-state index in [1.807, 2.05) is 0 Å². The second-order valence-electron chi connectivity index (χ2n) is 6.36. The largest absolute Gasteiger partial charge is 0.332 e. The molecule has 0 N–H and O–H groups in total. The van der Waals surface area contributed by atoms with E-state index in [2.05, 4.69) is 29.2 Å². The van der Waals surface area contributed by atoms with Crippen LogP contribution in [0, 0.1) is 5.92 Å². The first-order chi connectivity index (χ1) is 9.34. The molecule has 1 unspecified atom stereocenters. The Labute approximate surface area is 114 Å². The van der Waals surface area contributed by atoms with Gasteiger partial charge in [-0.25, -0.2) is 0 Å². The summed E-state index contributed by atoms with van der Waals surface area (Å²) in [4.78, 5) is 14.9. The fourth-order valence-electron chi connectivity index (χ4n) is 3.50. The molecule has 1 atom stereocenters. The summed E-state index contributed by atoms with van der Waals surface area (Å²) in [5, 5.41) is 0. The van der Waals surface area contributed by atoms with Crippen molar-refractivity contribution in [1.29, 1.82) is 0 Å². The molecule has 2 saturated carbocycles. The molecule has 3 aliphatic carbocycles. The van der Waals surface area contributed by atoms with E-state index in [9.17, 15) is 4.79 Å². The Bertz CT molecular complexity index is 502. The zero-order chi connectivity index (χ0) is 12.8. The van der Waals surface area contributed by atoms with Gasteiger partial charge < -0.3 is 4.90 Å². The summed E-state index contributed by atoms with van der Waals surface area (Å²) in [5.74, 6) is 0.805. The Morgan fingerprint density at radius 2 is 1.84 bits per heavy atom. The SMILES string of the molecule is O=C(C1CC1)N(C1CC1)C1CCCc2ccccc21. The van der Waals surface area contributed by atoms with Crippen LogP contribution in [0.4, 0.5) is 0 Å². The molecule has 0 spiro atoms. The fourth-order valence-corrected chi connectivity index (χ4v) is 3.50. The summed E-state index contributed by atoms with van der Waals surface area (Å²) in [6.45, 7) is 0. The monoisotopic (exact) mass is 255 g/mol. The molecule has 4 rings (SSSR count). The van der Waals surface area contributed by atoms with Crippen LogP contribution in [-0.4, -0.2) is 16.8 Å². The molecule has 3 aliphatic rings. The minimum atomic E-state index is 0.356. The van der Waals surface area contributed by atoms with E-state index >= 15 is 0 Å². The van der Waals surface area contributed by atoms with Gasteiger partial charge in [0.15, 0.2) is 0 Å². The van der Waals surface area contributed by atoms with Crippen molar-refractivity contribution in [3.8, 4) is 0 Å². The lowest BCUT2D eigenvalue weighted by atomic mass is 9.86. The maximum absolute atomic E-state index is 12.6. The lowest BCUT2D eigenvalue weighted by Crippen LogP contribution is -2.39. The van der Waals surface area contributed by atoms with Gasteiger partial charge in [0.1, 0.15) is 0 Å². The van der Waals surface area contributed by atoms with Crippen LogP contribution in [0.3, 0.4) is 0 Å². The molecule has 0 aromatic heterocycles. The second kappa shape index (κ2) is 4.36. The Kier molecular flexibility index (Phi) is 2.64. The molecule has 1 aromatic rings. The van der Waals surface area contributed by atoms with Crippen LogP contribution in [-0.2, 0) is 11.2 Å². The molecule has 0 heterocycles. The number of hydrogen-bond donors (Lipinski definition) is 0. The summed E-state index contributed by atoms with van der Waals surface area (Å²) in [6, 6.07) is 9.66. The number of hydrogen-bond acceptors (Lipinski definition) is 1. The maximum atomic E-state index is 12.6. The predicted molar refractivity (Wildman–Crippen MR) is 74.7 cm³/mol. The average Bonchev–Trinajstić information content (AvgIpc) is 3.30.